The number of ether oxygens (including phenoxy) is 4. The lowest BCUT2D eigenvalue weighted by atomic mass is 9.98. The molecule has 0 N–H and O–H groups in total. The summed E-state index contributed by atoms with van der Waals surface area (Å²) in [4.78, 5) is 30.4. The Hall–Kier alpha value is -3.96. The van der Waals surface area contributed by atoms with Crippen molar-refractivity contribution in [2.45, 2.75) is 62.5 Å². The van der Waals surface area contributed by atoms with Crippen LogP contribution in [0.15, 0.2) is 107 Å². The molecule has 10 heteroatoms. The number of hydrogen-bond donors (Lipinski definition) is 0. The van der Waals surface area contributed by atoms with Gasteiger partial charge in [0.25, 0.3) is 0 Å². The molecule has 50 heavy (non-hydrogen) atoms. The number of carbonyl (C=O) groups is 2. The van der Waals surface area contributed by atoms with Gasteiger partial charge in [-0.3, -0.25) is 0 Å². The van der Waals surface area contributed by atoms with Gasteiger partial charge >= 0.3 is 12.3 Å². The van der Waals surface area contributed by atoms with Crippen molar-refractivity contribution in [1.29, 1.82) is 0 Å². The first-order chi connectivity index (χ1) is 24.0. The van der Waals surface area contributed by atoms with Gasteiger partial charge in [-0.1, -0.05) is 74.5 Å². The first kappa shape index (κ1) is 35.9. The summed E-state index contributed by atoms with van der Waals surface area (Å²) < 4.78 is 25.8. The van der Waals surface area contributed by atoms with Crippen LogP contribution >= 0.6 is 46.2 Å². The molecule has 0 aliphatic rings. The molecule has 2 aromatic heterocycles. The van der Waals surface area contributed by atoms with Gasteiger partial charge in [-0.25, -0.2) is 9.59 Å². The summed E-state index contributed by atoms with van der Waals surface area (Å²) in [5, 5.41) is 1.61. The SMILES string of the molecule is CCSc1ccc2sc(-c3cc4c(OC(=O)OC(C)(C)c5ccccc5)c(SCC)ccc4s3)c(OC(=O)OC(C)(C)c3ccccc3)c2c1. The van der Waals surface area contributed by atoms with Crippen molar-refractivity contribution in [3.8, 4) is 21.3 Å². The van der Waals surface area contributed by atoms with Gasteiger partial charge in [0.15, 0.2) is 11.5 Å². The van der Waals surface area contributed by atoms with Gasteiger partial charge in [-0.15, -0.1) is 46.2 Å². The highest BCUT2D eigenvalue weighted by Gasteiger charge is 2.30. The minimum Gasteiger partial charge on any atom is -0.423 e. The standard InChI is InChI=1S/C40H38O6S4/c1-7-47-27-19-20-31-28(23-27)35(44-38(42)46-40(5,6)26-17-13-10-14-18-26)36(50-31)33-24-29-30(49-33)21-22-32(48-8-2)34(29)43-37(41)45-39(3,4)25-15-11-9-12-16-25/h9-24H,7-8H2,1-6H3. The number of thioether (sulfide) groups is 2. The normalized spacial score (nSPS) is 11.9. The molecule has 6 rings (SSSR count). The topological polar surface area (TPSA) is 71.1 Å². The van der Waals surface area contributed by atoms with E-state index in [-0.39, 0.29) is 0 Å². The molecule has 258 valence electrons. The minimum absolute atomic E-state index is 0.443. The van der Waals surface area contributed by atoms with Crippen molar-refractivity contribution < 1.29 is 28.5 Å². The predicted octanol–water partition coefficient (Wildman–Crippen LogP) is 12.9. The van der Waals surface area contributed by atoms with Crippen LogP contribution in [-0.4, -0.2) is 23.8 Å². The van der Waals surface area contributed by atoms with Crippen molar-refractivity contribution >= 4 is 78.7 Å². The molecular weight excluding hydrogens is 705 g/mol. The van der Waals surface area contributed by atoms with Crippen LogP contribution in [0.3, 0.4) is 0 Å². The molecule has 2 heterocycles. The van der Waals surface area contributed by atoms with Gasteiger partial charge in [0, 0.05) is 29.9 Å². The zero-order valence-corrected chi connectivity index (χ0v) is 32.0. The Morgan fingerprint density at radius 3 is 1.72 bits per heavy atom. The van der Waals surface area contributed by atoms with Crippen molar-refractivity contribution in [3.63, 3.8) is 0 Å². The van der Waals surface area contributed by atoms with E-state index in [9.17, 15) is 9.59 Å². The van der Waals surface area contributed by atoms with Gasteiger partial charge in [-0.05, 0) is 86.7 Å². The highest BCUT2D eigenvalue weighted by molar-refractivity contribution is 7.99. The molecular formula is C40H38O6S4. The van der Waals surface area contributed by atoms with Crippen LogP contribution < -0.4 is 9.47 Å². The smallest absolute Gasteiger partial charge is 0.423 e. The van der Waals surface area contributed by atoms with E-state index in [0.29, 0.717) is 11.5 Å². The number of thiophene rings is 2. The molecule has 0 amide bonds. The fourth-order valence-corrected chi connectivity index (χ4v) is 9.27. The number of fused-ring (bicyclic) bond motifs is 2. The number of hydrogen-bond acceptors (Lipinski definition) is 10. The lowest BCUT2D eigenvalue weighted by molar-refractivity contribution is 0.00534. The summed E-state index contributed by atoms with van der Waals surface area (Å²) in [6.45, 7) is 11.5. The van der Waals surface area contributed by atoms with Crippen molar-refractivity contribution in [3.05, 3.63) is 108 Å². The van der Waals surface area contributed by atoms with Gasteiger partial charge in [0.1, 0.15) is 11.2 Å². The molecule has 0 radical (unpaired) electrons. The third-order valence-electron chi connectivity index (χ3n) is 8.05. The van der Waals surface area contributed by atoms with E-state index < -0.39 is 23.5 Å². The lowest BCUT2D eigenvalue weighted by Crippen LogP contribution is -2.27. The van der Waals surface area contributed by atoms with E-state index in [1.54, 1.807) is 46.2 Å². The second-order valence-corrected chi connectivity index (χ2v) is 17.1. The summed E-state index contributed by atoms with van der Waals surface area (Å²) in [6, 6.07) is 31.4. The summed E-state index contributed by atoms with van der Waals surface area (Å²) in [7, 11) is 0. The Morgan fingerprint density at radius 2 is 1.14 bits per heavy atom. The Balaban J connectivity index is 1.38. The summed E-state index contributed by atoms with van der Waals surface area (Å²) in [6.07, 6.45) is -1.57. The second-order valence-electron chi connectivity index (χ2n) is 12.4. The monoisotopic (exact) mass is 742 g/mol. The lowest BCUT2D eigenvalue weighted by Gasteiger charge is -2.25. The predicted molar refractivity (Wildman–Crippen MR) is 209 cm³/mol. The van der Waals surface area contributed by atoms with Crippen LogP contribution in [-0.2, 0) is 20.7 Å². The van der Waals surface area contributed by atoms with Crippen LogP contribution in [0.1, 0.15) is 52.7 Å². The highest BCUT2D eigenvalue weighted by Crippen LogP contribution is 2.51. The molecule has 0 atom stereocenters. The van der Waals surface area contributed by atoms with Crippen LogP contribution in [0.2, 0.25) is 0 Å². The van der Waals surface area contributed by atoms with E-state index >= 15 is 0 Å². The largest absolute Gasteiger partial charge is 0.514 e. The Morgan fingerprint density at radius 1 is 0.620 bits per heavy atom. The first-order valence-corrected chi connectivity index (χ1v) is 19.9. The zero-order chi connectivity index (χ0) is 35.5. The molecule has 0 fully saturated rings. The zero-order valence-electron chi connectivity index (χ0n) is 28.7. The third kappa shape index (κ3) is 7.84. The van der Waals surface area contributed by atoms with Crippen molar-refractivity contribution in [2.75, 3.05) is 11.5 Å². The molecule has 0 saturated heterocycles. The molecule has 6 nitrogen and oxygen atoms in total. The van der Waals surface area contributed by atoms with Crippen molar-refractivity contribution in [2.24, 2.45) is 0 Å². The quantitative estimate of drug-likeness (QED) is 0.0738. The van der Waals surface area contributed by atoms with Crippen LogP contribution in [0.4, 0.5) is 9.59 Å². The minimum atomic E-state index is -0.908. The summed E-state index contributed by atoms with van der Waals surface area (Å²) >= 11 is 6.40. The van der Waals surface area contributed by atoms with E-state index in [2.05, 4.69) is 32.0 Å². The number of benzene rings is 4. The number of carbonyl (C=O) groups excluding carboxylic acids is 2. The van der Waals surface area contributed by atoms with Crippen LogP contribution in [0, 0.1) is 0 Å². The average molecular weight is 743 g/mol. The summed E-state index contributed by atoms with van der Waals surface area (Å²) in [5.74, 6) is 2.59. The molecule has 6 aromatic rings. The van der Waals surface area contributed by atoms with Gasteiger partial charge in [0.05, 0.1) is 9.77 Å². The molecule has 0 spiro atoms. The fourth-order valence-electron chi connectivity index (χ4n) is 5.55. The van der Waals surface area contributed by atoms with E-state index in [4.69, 9.17) is 18.9 Å². The van der Waals surface area contributed by atoms with Gasteiger partial charge in [0.2, 0.25) is 0 Å². The molecule has 0 bridgehead atoms. The maximum Gasteiger partial charge on any atom is 0.514 e. The summed E-state index contributed by atoms with van der Waals surface area (Å²) in [5.41, 5.74) is -0.0856. The Bertz CT molecular complexity index is 2130. The molecule has 0 aliphatic carbocycles. The van der Waals surface area contributed by atoms with Gasteiger partial charge in [-0.2, -0.15) is 0 Å². The number of rotatable bonds is 11. The molecule has 0 saturated carbocycles. The van der Waals surface area contributed by atoms with E-state index in [0.717, 1.165) is 62.4 Å². The molecule has 0 unspecified atom stereocenters. The third-order valence-corrected chi connectivity index (χ3v) is 12.3. The molecule has 4 aromatic carbocycles. The van der Waals surface area contributed by atoms with Gasteiger partial charge < -0.3 is 18.9 Å². The first-order valence-electron chi connectivity index (χ1n) is 16.3. The van der Waals surface area contributed by atoms with Crippen LogP contribution in [0.5, 0.6) is 11.5 Å². The maximum absolute atomic E-state index is 13.5. The maximum atomic E-state index is 13.5. The average Bonchev–Trinajstić information content (AvgIpc) is 3.68. The second kappa shape index (κ2) is 15.1. The molecule has 0 aliphatic heterocycles. The Labute approximate surface area is 309 Å². The van der Waals surface area contributed by atoms with E-state index in [1.807, 2.05) is 107 Å². The Kier molecular flexibility index (Phi) is 10.8. The fraction of sp³-hybridized carbons (Fsp3) is 0.250. The van der Waals surface area contributed by atoms with E-state index in [1.165, 1.54) is 0 Å². The van der Waals surface area contributed by atoms with Crippen molar-refractivity contribution in [1.82, 2.24) is 0 Å². The van der Waals surface area contributed by atoms with Crippen LogP contribution in [0.25, 0.3) is 29.9 Å². The highest BCUT2D eigenvalue weighted by atomic mass is 32.2.